The average molecular weight is 340 g/mol. The summed E-state index contributed by atoms with van der Waals surface area (Å²) in [7, 11) is 1.77. The minimum atomic E-state index is -0.167. The first-order valence-corrected chi connectivity index (χ1v) is 7.97. The van der Waals surface area contributed by atoms with Crippen molar-refractivity contribution in [1.82, 2.24) is 29.5 Å². The van der Waals surface area contributed by atoms with Crippen molar-refractivity contribution < 1.29 is 4.79 Å². The zero-order valence-electron chi connectivity index (χ0n) is 14.4. The number of rotatable bonds is 6. The molecule has 2 N–H and O–H groups in total. The Morgan fingerprint density at radius 1 is 1.28 bits per heavy atom. The molecule has 0 radical (unpaired) electrons. The van der Waals surface area contributed by atoms with E-state index in [0.29, 0.717) is 18.3 Å². The lowest BCUT2D eigenvalue weighted by molar-refractivity contribution is -0.116. The molecule has 0 aliphatic carbocycles. The molecule has 0 bridgehead atoms. The average Bonchev–Trinajstić information content (AvgIpc) is 3.23. The summed E-state index contributed by atoms with van der Waals surface area (Å²) in [6.45, 7) is 4.67. The molecule has 130 valence electrons. The van der Waals surface area contributed by atoms with E-state index in [4.69, 9.17) is 0 Å². The molecule has 3 rings (SSSR count). The van der Waals surface area contributed by atoms with Crippen molar-refractivity contribution in [3.63, 3.8) is 0 Å². The van der Waals surface area contributed by atoms with Crippen LogP contribution in [-0.2, 0) is 17.9 Å². The van der Waals surface area contributed by atoms with Crippen molar-refractivity contribution >= 4 is 17.7 Å². The summed E-state index contributed by atoms with van der Waals surface area (Å²) in [4.78, 5) is 20.9. The zero-order valence-corrected chi connectivity index (χ0v) is 14.4. The van der Waals surface area contributed by atoms with Crippen LogP contribution >= 0.6 is 0 Å². The van der Waals surface area contributed by atoms with Gasteiger partial charge in [-0.3, -0.25) is 9.48 Å². The number of anilines is 2. The lowest BCUT2D eigenvalue weighted by Crippen LogP contribution is -2.21. The number of carbonyl (C=O) groups is 1. The highest BCUT2D eigenvalue weighted by Crippen LogP contribution is 2.18. The molecule has 0 saturated carbocycles. The summed E-state index contributed by atoms with van der Waals surface area (Å²) in [5.41, 5.74) is 2.44. The second-order valence-electron chi connectivity index (χ2n) is 5.48. The van der Waals surface area contributed by atoms with Gasteiger partial charge in [0.15, 0.2) is 0 Å². The lowest BCUT2D eigenvalue weighted by atomic mass is 10.2. The molecule has 0 aromatic carbocycles. The number of nitrogens with one attached hydrogen (secondary N) is 2. The maximum Gasteiger partial charge on any atom is 0.247 e. The van der Waals surface area contributed by atoms with Crippen LogP contribution in [0.1, 0.15) is 12.6 Å². The van der Waals surface area contributed by atoms with Crippen LogP contribution in [0.5, 0.6) is 0 Å². The highest BCUT2D eigenvalue weighted by Gasteiger charge is 2.10. The van der Waals surface area contributed by atoms with E-state index >= 15 is 0 Å². The zero-order chi connectivity index (χ0) is 17.8. The van der Waals surface area contributed by atoms with E-state index in [9.17, 15) is 4.79 Å². The number of carbonyl (C=O) groups excluding carboxylic acids is 1. The highest BCUT2D eigenvalue weighted by molar-refractivity contribution is 5.89. The maximum absolute atomic E-state index is 12.2. The van der Waals surface area contributed by atoms with Gasteiger partial charge in [0.1, 0.15) is 12.4 Å². The quantitative estimate of drug-likeness (QED) is 0.706. The molecule has 0 unspecified atom stereocenters. The van der Waals surface area contributed by atoms with Crippen LogP contribution in [0.2, 0.25) is 0 Å². The summed E-state index contributed by atoms with van der Waals surface area (Å²) < 4.78 is 3.29. The third-order valence-corrected chi connectivity index (χ3v) is 3.60. The number of amides is 1. The van der Waals surface area contributed by atoms with Crippen LogP contribution in [0.3, 0.4) is 0 Å². The van der Waals surface area contributed by atoms with Gasteiger partial charge < -0.3 is 10.6 Å². The van der Waals surface area contributed by atoms with Gasteiger partial charge in [-0.15, -0.1) is 0 Å². The van der Waals surface area contributed by atoms with Gasteiger partial charge in [-0.1, -0.05) is 0 Å². The highest BCUT2D eigenvalue weighted by atomic mass is 16.2. The minimum Gasteiger partial charge on any atom is -0.357 e. The van der Waals surface area contributed by atoms with Crippen molar-refractivity contribution in [3.8, 4) is 11.3 Å². The Bertz CT molecular complexity index is 882. The van der Waals surface area contributed by atoms with Gasteiger partial charge in [0.2, 0.25) is 11.9 Å². The van der Waals surface area contributed by atoms with Crippen LogP contribution in [0.4, 0.5) is 11.8 Å². The second kappa shape index (κ2) is 7.12. The summed E-state index contributed by atoms with van der Waals surface area (Å²) >= 11 is 0. The van der Waals surface area contributed by atoms with Gasteiger partial charge in [-0.05, 0) is 19.9 Å². The first-order chi connectivity index (χ1) is 12.1. The molecule has 9 heteroatoms. The van der Waals surface area contributed by atoms with Crippen LogP contribution in [-0.4, -0.2) is 42.5 Å². The van der Waals surface area contributed by atoms with Gasteiger partial charge in [-0.2, -0.15) is 10.2 Å². The van der Waals surface area contributed by atoms with Gasteiger partial charge in [0.25, 0.3) is 0 Å². The predicted octanol–water partition coefficient (Wildman–Crippen LogP) is 1.55. The van der Waals surface area contributed by atoms with Crippen LogP contribution < -0.4 is 10.6 Å². The molecular formula is C16H20N8O. The van der Waals surface area contributed by atoms with E-state index in [-0.39, 0.29) is 12.5 Å². The molecule has 1 amide bonds. The van der Waals surface area contributed by atoms with Crippen LogP contribution in [0.15, 0.2) is 30.7 Å². The number of hydrogen-bond acceptors (Lipinski definition) is 6. The molecule has 3 heterocycles. The fraction of sp³-hybridized carbons (Fsp3) is 0.312. The predicted molar refractivity (Wildman–Crippen MR) is 94.1 cm³/mol. The fourth-order valence-electron chi connectivity index (χ4n) is 2.43. The van der Waals surface area contributed by atoms with E-state index in [0.717, 1.165) is 17.0 Å². The third kappa shape index (κ3) is 3.82. The summed E-state index contributed by atoms with van der Waals surface area (Å²) in [6, 6.07) is 3.64. The van der Waals surface area contributed by atoms with Gasteiger partial charge in [-0.25, -0.2) is 14.6 Å². The third-order valence-electron chi connectivity index (χ3n) is 3.60. The van der Waals surface area contributed by atoms with Gasteiger partial charge >= 0.3 is 0 Å². The summed E-state index contributed by atoms with van der Waals surface area (Å²) in [6.07, 6.45) is 5.13. The minimum absolute atomic E-state index is 0.109. The van der Waals surface area contributed by atoms with E-state index in [1.807, 2.05) is 19.9 Å². The standard InChI is InChI=1S/C16H20N8O/c1-4-24-14(5-6-18-24)22-15(25)10-23-9-12(8-19-23)13-7-11(2)20-16(17-3)21-13/h5-9H,4,10H2,1-3H3,(H,22,25)(H,17,20,21). The van der Waals surface area contributed by atoms with E-state index in [2.05, 4.69) is 30.8 Å². The van der Waals surface area contributed by atoms with Crippen LogP contribution in [0, 0.1) is 6.92 Å². The largest absolute Gasteiger partial charge is 0.357 e. The first kappa shape index (κ1) is 16.6. The number of hydrogen-bond donors (Lipinski definition) is 2. The Morgan fingerprint density at radius 3 is 2.88 bits per heavy atom. The fourth-order valence-corrected chi connectivity index (χ4v) is 2.43. The summed E-state index contributed by atoms with van der Waals surface area (Å²) in [5, 5.41) is 14.1. The molecule has 0 fully saturated rings. The van der Waals surface area contributed by atoms with E-state index in [1.54, 1.807) is 41.1 Å². The van der Waals surface area contributed by atoms with E-state index < -0.39 is 0 Å². The number of aryl methyl sites for hydroxylation is 2. The Hall–Kier alpha value is -3.23. The van der Waals surface area contributed by atoms with Crippen molar-refractivity contribution in [2.24, 2.45) is 0 Å². The topological polar surface area (TPSA) is 103 Å². The maximum atomic E-state index is 12.2. The van der Waals surface area contributed by atoms with Gasteiger partial charge in [0, 0.05) is 37.1 Å². The number of aromatic nitrogens is 6. The molecule has 0 aliphatic heterocycles. The molecule has 0 spiro atoms. The Labute approximate surface area is 145 Å². The van der Waals surface area contributed by atoms with Crippen molar-refractivity contribution in [2.75, 3.05) is 17.7 Å². The SMILES string of the molecule is CCn1nccc1NC(=O)Cn1cc(-c2cc(C)nc(NC)n2)cn1. The smallest absolute Gasteiger partial charge is 0.247 e. The Balaban J connectivity index is 1.71. The molecule has 0 atom stereocenters. The monoisotopic (exact) mass is 340 g/mol. The first-order valence-electron chi connectivity index (χ1n) is 7.97. The normalized spacial score (nSPS) is 10.7. The summed E-state index contributed by atoms with van der Waals surface area (Å²) in [5.74, 6) is 1.05. The van der Waals surface area contributed by atoms with E-state index in [1.165, 1.54) is 0 Å². The Kier molecular flexibility index (Phi) is 4.73. The van der Waals surface area contributed by atoms with Crippen molar-refractivity contribution in [2.45, 2.75) is 26.9 Å². The second-order valence-corrected chi connectivity index (χ2v) is 5.48. The molecular weight excluding hydrogens is 320 g/mol. The Morgan fingerprint density at radius 2 is 2.12 bits per heavy atom. The molecule has 0 aliphatic rings. The lowest BCUT2D eigenvalue weighted by Gasteiger charge is -2.07. The van der Waals surface area contributed by atoms with Crippen molar-refractivity contribution in [3.05, 3.63) is 36.4 Å². The number of nitrogens with zero attached hydrogens (tertiary/aromatic N) is 6. The molecule has 3 aromatic rings. The van der Waals surface area contributed by atoms with Crippen molar-refractivity contribution in [1.29, 1.82) is 0 Å². The molecule has 3 aromatic heterocycles. The molecule has 0 saturated heterocycles. The van der Waals surface area contributed by atoms with Crippen LogP contribution in [0.25, 0.3) is 11.3 Å². The van der Waals surface area contributed by atoms with Gasteiger partial charge in [0.05, 0.1) is 18.1 Å². The molecule has 9 nitrogen and oxygen atoms in total. The molecule has 25 heavy (non-hydrogen) atoms.